The largest absolute Gasteiger partial charge is 0.497 e. The number of piperidine rings is 1. The lowest BCUT2D eigenvalue weighted by molar-refractivity contribution is -0.165. The van der Waals surface area contributed by atoms with Gasteiger partial charge in [0, 0.05) is 48.2 Å². The SMILES string of the molecule is CC[C@H](C)C1C(=O)N(C)[C@@H]([C@@H](C)CC)C(=O)NCC(=O)N(C)[C@@H](C(C)C)C(=O)N[C@@H](Cc2ccc(OC)cc2)C(=O)O[C@@H](C)C(=O)N2CCCC[C@H]2C(=O)N(C)[C@@H](C(C)C)C(=O)N[C@@H](C(C)C)C(=O)N(C)[C@@H](CC(=O)O)C(=O)N1C. The first kappa shape index (κ1) is 67.5. The fourth-order valence-electron chi connectivity index (χ4n) is 10.7. The Hall–Kier alpha value is -6.81. The quantitative estimate of drug-likeness (QED) is 0.219. The molecular formula is C57H91N9O14. The number of carbonyl (C=O) groups excluding carboxylic acids is 10. The molecular weight excluding hydrogens is 1030 g/mol. The van der Waals surface area contributed by atoms with E-state index in [2.05, 4.69) is 16.0 Å². The number of aliphatic carboxylic acids is 1. The summed E-state index contributed by atoms with van der Waals surface area (Å²) in [5.74, 6) is -11.4. The van der Waals surface area contributed by atoms with Crippen molar-refractivity contribution < 1.29 is 67.3 Å². The molecule has 80 heavy (non-hydrogen) atoms. The van der Waals surface area contributed by atoms with Gasteiger partial charge in [-0.1, -0.05) is 94.2 Å². The van der Waals surface area contributed by atoms with Crippen molar-refractivity contribution in [2.45, 2.75) is 176 Å². The average molecular weight is 1130 g/mol. The second-order valence-electron chi connectivity index (χ2n) is 22.6. The Bertz CT molecular complexity index is 2380. The molecule has 0 spiro atoms. The summed E-state index contributed by atoms with van der Waals surface area (Å²) in [5.41, 5.74) is 0.581. The van der Waals surface area contributed by atoms with Gasteiger partial charge >= 0.3 is 11.9 Å². The molecule has 0 aromatic heterocycles. The number of rotatable bonds is 12. The lowest BCUT2D eigenvalue weighted by atomic mass is 9.92. The fraction of sp³-hybridized carbons (Fsp3) is 0.702. The van der Waals surface area contributed by atoms with Gasteiger partial charge in [0.15, 0.2) is 6.10 Å². The molecule has 2 aliphatic heterocycles. The number of carboxylic acids is 1. The number of esters is 1. The molecule has 23 heteroatoms. The van der Waals surface area contributed by atoms with Gasteiger partial charge in [-0.15, -0.1) is 0 Å². The summed E-state index contributed by atoms with van der Waals surface area (Å²) >= 11 is 0. The van der Waals surface area contributed by atoms with Crippen LogP contribution >= 0.6 is 0 Å². The summed E-state index contributed by atoms with van der Waals surface area (Å²) < 4.78 is 11.2. The second kappa shape index (κ2) is 30.1. The Labute approximate surface area is 472 Å². The molecule has 0 aliphatic carbocycles. The Morgan fingerprint density at radius 2 is 1.16 bits per heavy atom. The molecule has 0 bridgehead atoms. The smallest absolute Gasteiger partial charge is 0.329 e. The van der Waals surface area contributed by atoms with Crippen LogP contribution in [0.4, 0.5) is 0 Å². The third-order valence-electron chi connectivity index (χ3n) is 15.8. The molecule has 23 nitrogen and oxygen atoms in total. The van der Waals surface area contributed by atoms with Gasteiger partial charge in [-0.05, 0) is 73.5 Å². The van der Waals surface area contributed by atoms with Gasteiger partial charge in [-0.2, -0.15) is 0 Å². The maximum absolute atomic E-state index is 14.9. The highest BCUT2D eigenvalue weighted by atomic mass is 16.5. The Morgan fingerprint density at radius 1 is 0.637 bits per heavy atom. The van der Waals surface area contributed by atoms with E-state index >= 15 is 0 Å². The number of methoxy groups -OCH3 is 1. The van der Waals surface area contributed by atoms with E-state index in [1.54, 1.807) is 86.6 Å². The number of hydrogen-bond donors (Lipinski definition) is 4. The van der Waals surface area contributed by atoms with Crippen molar-refractivity contribution >= 4 is 65.1 Å². The molecule has 2 fully saturated rings. The number of carboxylic acid groups (broad SMARTS) is 1. The van der Waals surface area contributed by atoms with Gasteiger partial charge in [-0.25, -0.2) is 4.79 Å². The molecule has 1 aromatic rings. The topological polar surface area (TPSA) is 282 Å². The zero-order chi connectivity index (χ0) is 60.8. The summed E-state index contributed by atoms with van der Waals surface area (Å²) in [6, 6.07) is -3.77. The molecule has 9 amide bonds. The van der Waals surface area contributed by atoms with Crippen LogP contribution in [-0.2, 0) is 63.9 Å². The van der Waals surface area contributed by atoms with E-state index in [0.717, 1.165) is 14.7 Å². The third kappa shape index (κ3) is 16.6. The van der Waals surface area contributed by atoms with Crippen LogP contribution in [0.15, 0.2) is 24.3 Å². The number of benzene rings is 1. The first-order valence-corrected chi connectivity index (χ1v) is 27.9. The summed E-state index contributed by atoms with van der Waals surface area (Å²) in [6.45, 7) is 18.0. The van der Waals surface area contributed by atoms with Gasteiger partial charge in [0.1, 0.15) is 54.1 Å². The van der Waals surface area contributed by atoms with Crippen molar-refractivity contribution in [2.75, 3.05) is 55.4 Å². The predicted octanol–water partition coefficient (Wildman–Crippen LogP) is 2.32. The second-order valence-corrected chi connectivity index (χ2v) is 22.6. The highest BCUT2D eigenvalue weighted by Crippen LogP contribution is 2.26. The standard InChI is InChI=1S/C57H91N9O14/c1-18-34(9)47-49(70)58-30-42(67)62(13)45(32(5)6)50(71)59-39(28-37-23-25-38(79-17)26-24-37)57(78)80-36(11)52(73)66-27-21-20-22-40(66)53(74)63(14)46(33(7)8)51(72)60-44(31(3)4)55(76)61(12)41(29-43(68)69)54(75)65(16)48(35(10)19-2)56(77)64(47)15/h23-26,31-36,39-41,44-48H,18-22,27-30H2,1-17H3,(H,58,70)(H,59,71)(H,60,72)(H,68,69)/t34-,35-,36-,39-,40-,41-,44-,45-,46-,47-,48?/m0/s1. The van der Waals surface area contributed by atoms with E-state index in [4.69, 9.17) is 9.47 Å². The number of carbonyl (C=O) groups is 11. The summed E-state index contributed by atoms with van der Waals surface area (Å²) in [5, 5.41) is 18.4. The number of fused-ring (bicyclic) bond motifs is 1. The molecule has 0 radical (unpaired) electrons. The molecule has 1 aromatic carbocycles. The lowest BCUT2D eigenvalue weighted by Gasteiger charge is -2.41. The molecule has 11 atom stereocenters. The molecule has 3 rings (SSSR count). The minimum Gasteiger partial charge on any atom is -0.497 e. The number of amides is 9. The highest BCUT2D eigenvalue weighted by Gasteiger charge is 2.46. The Morgan fingerprint density at radius 3 is 1.69 bits per heavy atom. The van der Waals surface area contributed by atoms with Crippen molar-refractivity contribution in [1.82, 2.24) is 45.3 Å². The van der Waals surface area contributed by atoms with Crippen molar-refractivity contribution in [3.05, 3.63) is 29.8 Å². The minimum absolute atomic E-state index is 0.106. The van der Waals surface area contributed by atoms with Crippen molar-refractivity contribution in [3.63, 3.8) is 0 Å². The zero-order valence-electron chi connectivity index (χ0n) is 50.2. The average Bonchev–Trinajstić information content (AvgIpc) is 3.41. The molecule has 448 valence electrons. The number of hydrogen-bond acceptors (Lipinski definition) is 13. The Kier molecular flexibility index (Phi) is 25.4. The normalized spacial score (nSPS) is 26.7. The van der Waals surface area contributed by atoms with Crippen molar-refractivity contribution in [3.8, 4) is 5.75 Å². The van der Waals surface area contributed by atoms with Crippen LogP contribution in [0.2, 0.25) is 0 Å². The van der Waals surface area contributed by atoms with E-state index in [-0.39, 0.29) is 19.4 Å². The van der Waals surface area contributed by atoms with E-state index in [1.807, 2.05) is 6.92 Å². The number of nitrogens with zero attached hydrogens (tertiary/aromatic N) is 6. The van der Waals surface area contributed by atoms with Gasteiger partial charge in [0.25, 0.3) is 5.91 Å². The van der Waals surface area contributed by atoms with Crippen LogP contribution in [0.1, 0.15) is 120 Å². The van der Waals surface area contributed by atoms with Crippen LogP contribution < -0.4 is 20.7 Å². The van der Waals surface area contributed by atoms with Crippen LogP contribution in [-0.4, -0.2) is 209 Å². The lowest BCUT2D eigenvalue weighted by Crippen LogP contribution is -2.63. The summed E-state index contributed by atoms with van der Waals surface area (Å²) in [6.07, 6.45) is -0.488. The summed E-state index contributed by atoms with van der Waals surface area (Å²) in [7, 11) is 8.24. The monoisotopic (exact) mass is 1130 g/mol. The Balaban J connectivity index is 2.27. The first-order chi connectivity index (χ1) is 37.4. The van der Waals surface area contributed by atoms with Gasteiger partial charge < -0.3 is 59.9 Å². The zero-order valence-corrected chi connectivity index (χ0v) is 50.2. The van der Waals surface area contributed by atoms with Crippen molar-refractivity contribution in [1.29, 1.82) is 0 Å². The van der Waals surface area contributed by atoms with Crippen LogP contribution in [0.5, 0.6) is 5.75 Å². The molecule has 0 saturated carbocycles. The molecule has 2 heterocycles. The molecule has 1 unspecified atom stereocenters. The molecule has 4 N–H and O–H groups in total. The van der Waals surface area contributed by atoms with E-state index < -0.39 is 162 Å². The number of likely N-dealkylation sites (N-methyl/N-ethyl adjacent to an activating group) is 5. The number of ether oxygens (including phenoxy) is 2. The van der Waals surface area contributed by atoms with Crippen molar-refractivity contribution in [2.24, 2.45) is 29.6 Å². The van der Waals surface area contributed by atoms with Gasteiger partial charge in [-0.3, -0.25) is 47.9 Å². The fourth-order valence-corrected chi connectivity index (χ4v) is 10.7. The van der Waals surface area contributed by atoms with E-state index in [1.165, 1.54) is 64.0 Å². The summed E-state index contributed by atoms with van der Waals surface area (Å²) in [4.78, 5) is 165. The van der Waals surface area contributed by atoms with Crippen LogP contribution in [0.3, 0.4) is 0 Å². The van der Waals surface area contributed by atoms with E-state index in [9.17, 15) is 57.8 Å². The number of nitrogens with one attached hydrogen (secondary N) is 3. The first-order valence-electron chi connectivity index (χ1n) is 27.9. The molecule has 2 saturated heterocycles. The van der Waals surface area contributed by atoms with Gasteiger partial charge in [0.05, 0.1) is 20.1 Å². The minimum atomic E-state index is -1.69. The highest BCUT2D eigenvalue weighted by molar-refractivity contribution is 5.99. The number of cyclic esters (lactones) is 1. The van der Waals surface area contributed by atoms with E-state index in [0.29, 0.717) is 37.0 Å². The third-order valence-corrected chi connectivity index (χ3v) is 15.8. The maximum Gasteiger partial charge on any atom is 0.329 e. The van der Waals surface area contributed by atoms with Gasteiger partial charge in [0.2, 0.25) is 47.3 Å². The van der Waals surface area contributed by atoms with Crippen LogP contribution in [0.25, 0.3) is 0 Å². The van der Waals surface area contributed by atoms with Crippen LogP contribution in [0, 0.1) is 29.6 Å². The maximum atomic E-state index is 14.9. The molecule has 2 aliphatic rings. The predicted molar refractivity (Wildman–Crippen MR) is 297 cm³/mol.